The lowest BCUT2D eigenvalue weighted by atomic mass is 10.1. The molecular formula is C15H18N2O2. The molecule has 0 aliphatic carbocycles. The largest absolute Gasteiger partial charge is 0.481 e. The van der Waals surface area contributed by atoms with Gasteiger partial charge in [0.25, 0.3) is 0 Å². The number of carbonyl (C=O) groups is 1. The van der Waals surface area contributed by atoms with Crippen LogP contribution in [0.15, 0.2) is 36.5 Å². The van der Waals surface area contributed by atoms with Crippen molar-refractivity contribution < 1.29 is 9.90 Å². The third-order valence-electron chi connectivity index (χ3n) is 3.20. The Labute approximate surface area is 112 Å². The van der Waals surface area contributed by atoms with Crippen LogP contribution in [0.4, 0.5) is 5.69 Å². The zero-order valence-electron chi connectivity index (χ0n) is 11.0. The molecule has 1 aromatic heterocycles. The second-order valence-electron chi connectivity index (χ2n) is 4.68. The number of nitrogens with one attached hydrogen (secondary N) is 1. The maximum atomic E-state index is 10.7. The van der Waals surface area contributed by atoms with Crippen LogP contribution in [0.3, 0.4) is 0 Å². The van der Waals surface area contributed by atoms with E-state index in [4.69, 9.17) is 5.11 Å². The average Bonchev–Trinajstić information content (AvgIpc) is 2.43. The second-order valence-corrected chi connectivity index (χ2v) is 4.68. The van der Waals surface area contributed by atoms with Gasteiger partial charge in [0.2, 0.25) is 0 Å². The smallest absolute Gasteiger partial charge is 0.306 e. The molecule has 1 heterocycles. The van der Waals surface area contributed by atoms with E-state index in [0.29, 0.717) is 6.42 Å². The summed E-state index contributed by atoms with van der Waals surface area (Å²) in [6.07, 6.45) is 3.31. The lowest BCUT2D eigenvalue weighted by Gasteiger charge is -2.10. The summed E-state index contributed by atoms with van der Waals surface area (Å²) in [5, 5.41) is 13.3. The molecular weight excluding hydrogens is 240 g/mol. The van der Waals surface area contributed by atoms with Crippen LogP contribution in [0.5, 0.6) is 0 Å². The van der Waals surface area contributed by atoms with Gasteiger partial charge in [0.15, 0.2) is 0 Å². The molecule has 0 spiro atoms. The van der Waals surface area contributed by atoms with Gasteiger partial charge in [-0.3, -0.25) is 9.78 Å². The van der Waals surface area contributed by atoms with Gasteiger partial charge in [0.05, 0.1) is 11.4 Å². The van der Waals surface area contributed by atoms with Crippen LogP contribution in [-0.4, -0.2) is 22.6 Å². The van der Waals surface area contributed by atoms with E-state index in [9.17, 15) is 4.79 Å². The first-order valence-corrected chi connectivity index (χ1v) is 6.49. The molecule has 0 aliphatic heterocycles. The number of carboxylic acids is 1. The van der Waals surface area contributed by atoms with Crippen LogP contribution in [0.25, 0.3) is 10.9 Å². The summed E-state index contributed by atoms with van der Waals surface area (Å²) in [6.45, 7) is 2.51. The normalized spacial score (nSPS) is 12.3. The highest BCUT2D eigenvalue weighted by Crippen LogP contribution is 2.20. The zero-order valence-corrected chi connectivity index (χ0v) is 11.0. The number of hydrogen-bond donors (Lipinski definition) is 2. The summed E-state index contributed by atoms with van der Waals surface area (Å²) in [5.41, 5.74) is 2.01. The lowest BCUT2D eigenvalue weighted by Crippen LogP contribution is -2.11. The number of pyridine rings is 1. The van der Waals surface area contributed by atoms with Gasteiger partial charge in [-0.15, -0.1) is 0 Å². The second kappa shape index (κ2) is 6.18. The van der Waals surface area contributed by atoms with Crippen molar-refractivity contribution in [3.05, 3.63) is 36.5 Å². The number of hydrogen-bond acceptors (Lipinski definition) is 3. The molecule has 0 aliphatic rings. The standard InChI is InChI=1S/C15H18N2O2/c1-11(15(18)19)5-4-9-16-14-8-10-17-13-7-3-2-6-12(13)14/h2-3,6-8,10-11H,4-5,9H2,1H3,(H,16,17)(H,18,19). The quantitative estimate of drug-likeness (QED) is 0.781. The van der Waals surface area contributed by atoms with E-state index in [1.165, 1.54) is 0 Å². The molecule has 4 nitrogen and oxygen atoms in total. The van der Waals surface area contributed by atoms with Crippen molar-refractivity contribution in [3.8, 4) is 0 Å². The summed E-state index contributed by atoms with van der Waals surface area (Å²) in [4.78, 5) is 15.0. The average molecular weight is 258 g/mol. The number of nitrogens with zero attached hydrogens (tertiary/aromatic N) is 1. The number of anilines is 1. The number of aliphatic carboxylic acids is 1. The van der Waals surface area contributed by atoms with Crippen LogP contribution in [-0.2, 0) is 4.79 Å². The Morgan fingerprint density at radius 1 is 1.37 bits per heavy atom. The van der Waals surface area contributed by atoms with Gasteiger partial charge in [-0.05, 0) is 25.0 Å². The van der Waals surface area contributed by atoms with Crippen LogP contribution in [0, 0.1) is 5.92 Å². The molecule has 1 atom stereocenters. The van der Waals surface area contributed by atoms with Crippen LogP contribution in [0.1, 0.15) is 19.8 Å². The maximum Gasteiger partial charge on any atom is 0.306 e. The molecule has 0 saturated carbocycles. The first kappa shape index (κ1) is 13.3. The van der Waals surface area contributed by atoms with Crippen molar-refractivity contribution in [2.24, 2.45) is 5.92 Å². The van der Waals surface area contributed by atoms with Gasteiger partial charge in [0.1, 0.15) is 0 Å². The number of carboxylic acid groups (broad SMARTS) is 1. The van der Waals surface area contributed by atoms with Gasteiger partial charge in [0, 0.05) is 23.8 Å². The van der Waals surface area contributed by atoms with E-state index < -0.39 is 5.97 Å². The fourth-order valence-corrected chi connectivity index (χ4v) is 2.00. The van der Waals surface area contributed by atoms with Crippen molar-refractivity contribution in [3.63, 3.8) is 0 Å². The molecule has 0 amide bonds. The highest BCUT2D eigenvalue weighted by atomic mass is 16.4. The summed E-state index contributed by atoms with van der Waals surface area (Å²) < 4.78 is 0. The molecule has 1 unspecified atom stereocenters. The monoisotopic (exact) mass is 258 g/mol. The summed E-state index contributed by atoms with van der Waals surface area (Å²) >= 11 is 0. The molecule has 0 bridgehead atoms. The van der Waals surface area contributed by atoms with E-state index >= 15 is 0 Å². The molecule has 2 rings (SSSR count). The van der Waals surface area contributed by atoms with Gasteiger partial charge in [-0.2, -0.15) is 0 Å². The third kappa shape index (κ3) is 3.44. The molecule has 100 valence electrons. The Balaban J connectivity index is 1.93. The van der Waals surface area contributed by atoms with Crippen molar-refractivity contribution in [2.75, 3.05) is 11.9 Å². The van der Waals surface area contributed by atoms with Crippen LogP contribution in [0.2, 0.25) is 0 Å². The van der Waals surface area contributed by atoms with E-state index in [-0.39, 0.29) is 5.92 Å². The van der Waals surface area contributed by atoms with E-state index in [1.807, 2.05) is 30.3 Å². The van der Waals surface area contributed by atoms with E-state index in [0.717, 1.165) is 29.6 Å². The number of benzene rings is 1. The summed E-state index contributed by atoms with van der Waals surface area (Å²) in [5.74, 6) is -1.01. The maximum absolute atomic E-state index is 10.7. The molecule has 4 heteroatoms. The molecule has 0 radical (unpaired) electrons. The van der Waals surface area contributed by atoms with Crippen molar-refractivity contribution in [1.29, 1.82) is 0 Å². The Hall–Kier alpha value is -2.10. The topological polar surface area (TPSA) is 62.2 Å². The number of para-hydroxylation sites is 1. The van der Waals surface area contributed by atoms with Gasteiger partial charge >= 0.3 is 5.97 Å². The summed E-state index contributed by atoms with van der Waals surface area (Å²) in [7, 11) is 0. The Morgan fingerprint density at radius 2 is 2.16 bits per heavy atom. The number of aromatic nitrogens is 1. The number of rotatable bonds is 6. The molecule has 2 N–H and O–H groups in total. The number of fused-ring (bicyclic) bond motifs is 1. The predicted octanol–water partition coefficient (Wildman–Crippen LogP) is 3.15. The molecule has 2 aromatic rings. The Bertz CT molecular complexity index is 564. The van der Waals surface area contributed by atoms with Crippen LogP contribution < -0.4 is 5.32 Å². The van der Waals surface area contributed by atoms with Crippen LogP contribution >= 0.6 is 0 Å². The van der Waals surface area contributed by atoms with Gasteiger partial charge < -0.3 is 10.4 Å². The zero-order chi connectivity index (χ0) is 13.7. The highest BCUT2D eigenvalue weighted by molar-refractivity contribution is 5.90. The first-order valence-electron chi connectivity index (χ1n) is 6.49. The molecule has 0 fully saturated rings. The fourth-order valence-electron chi connectivity index (χ4n) is 2.00. The Morgan fingerprint density at radius 3 is 2.95 bits per heavy atom. The predicted molar refractivity (Wildman–Crippen MR) is 76.3 cm³/mol. The fraction of sp³-hybridized carbons (Fsp3) is 0.333. The van der Waals surface area contributed by atoms with Crippen molar-refractivity contribution in [1.82, 2.24) is 4.98 Å². The third-order valence-corrected chi connectivity index (χ3v) is 3.20. The van der Waals surface area contributed by atoms with Gasteiger partial charge in [-0.1, -0.05) is 25.1 Å². The lowest BCUT2D eigenvalue weighted by molar-refractivity contribution is -0.141. The van der Waals surface area contributed by atoms with Crippen molar-refractivity contribution >= 4 is 22.6 Å². The summed E-state index contributed by atoms with van der Waals surface area (Å²) in [6, 6.07) is 9.91. The molecule has 0 saturated heterocycles. The van der Waals surface area contributed by atoms with E-state index in [2.05, 4.69) is 10.3 Å². The van der Waals surface area contributed by atoms with E-state index in [1.54, 1.807) is 13.1 Å². The minimum absolute atomic E-state index is 0.281. The SMILES string of the molecule is CC(CCCNc1ccnc2ccccc12)C(=O)O. The molecule has 19 heavy (non-hydrogen) atoms. The minimum Gasteiger partial charge on any atom is -0.481 e. The Kier molecular flexibility index (Phi) is 4.34. The highest BCUT2D eigenvalue weighted by Gasteiger charge is 2.09. The van der Waals surface area contributed by atoms with Gasteiger partial charge in [-0.25, -0.2) is 0 Å². The minimum atomic E-state index is -0.727. The molecule has 1 aromatic carbocycles. The van der Waals surface area contributed by atoms with Crippen molar-refractivity contribution in [2.45, 2.75) is 19.8 Å². The first-order chi connectivity index (χ1) is 9.18.